The van der Waals surface area contributed by atoms with E-state index in [1.807, 2.05) is 30.3 Å². The van der Waals surface area contributed by atoms with Gasteiger partial charge in [-0.25, -0.2) is 14.3 Å². The van der Waals surface area contributed by atoms with Gasteiger partial charge in [0.2, 0.25) is 5.91 Å². The lowest BCUT2D eigenvalue weighted by Crippen LogP contribution is -2.39. The molecule has 1 unspecified atom stereocenters. The van der Waals surface area contributed by atoms with E-state index >= 15 is 0 Å². The Labute approximate surface area is 187 Å². The molecule has 1 atom stereocenters. The van der Waals surface area contributed by atoms with Crippen molar-refractivity contribution in [3.8, 4) is 0 Å². The average Bonchev–Trinajstić information content (AvgIpc) is 3.42. The van der Waals surface area contributed by atoms with E-state index in [1.165, 1.54) is 13.0 Å². The van der Waals surface area contributed by atoms with Gasteiger partial charge in [0.1, 0.15) is 18.8 Å². The van der Waals surface area contributed by atoms with Crippen molar-refractivity contribution in [2.45, 2.75) is 32.0 Å². The fourth-order valence-corrected chi connectivity index (χ4v) is 3.78. The zero-order chi connectivity index (χ0) is 23.6. The topological polar surface area (TPSA) is 88.8 Å². The number of carbonyl (C=O) groups is 2. The summed E-state index contributed by atoms with van der Waals surface area (Å²) in [7, 11) is 0. The maximum atomic E-state index is 13.4. The molecule has 3 heterocycles. The van der Waals surface area contributed by atoms with Crippen LogP contribution in [0.1, 0.15) is 35.0 Å². The van der Waals surface area contributed by atoms with E-state index in [0.717, 1.165) is 16.1 Å². The van der Waals surface area contributed by atoms with Crippen LogP contribution in [-0.4, -0.2) is 51.1 Å². The number of aryl methyl sites for hydroxylation is 1. The lowest BCUT2D eigenvalue weighted by molar-refractivity contribution is -0.142. The number of nitrogens with one attached hydrogen (secondary N) is 1. The Balaban J connectivity index is 1.34. The molecule has 4 rings (SSSR count). The molecule has 1 saturated heterocycles. The monoisotopic (exact) mass is 461 g/mol. The molecule has 1 aromatic carbocycles. The lowest BCUT2D eigenvalue weighted by Gasteiger charge is -2.16. The molecule has 1 fully saturated rings. The summed E-state index contributed by atoms with van der Waals surface area (Å²) in [4.78, 5) is 30.0. The van der Waals surface area contributed by atoms with Crippen molar-refractivity contribution in [3.63, 3.8) is 0 Å². The van der Waals surface area contributed by atoms with Crippen molar-refractivity contribution < 1.29 is 27.5 Å². The minimum absolute atomic E-state index is 0.0912. The fraction of sp³-hybridized carbons (Fsp3) is 0.364. The van der Waals surface area contributed by atoms with E-state index in [0.29, 0.717) is 25.2 Å². The standard InChI is InChI=1S/C22H22F3N5O3/c1-14-9-18(22(23,24)25)30-19(27-14)10-17(28-30)16-7-8-29(12-16)20(31)11-26-21(32)33-13-15-5-3-2-4-6-15/h2-6,9-10,16H,7-8,11-13H2,1H3,(H,26,32). The third-order valence-corrected chi connectivity index (χ3v) is 5.42. The highest BCUT2D eigenvalue weighted by Gasteiger charge is 2.36. The number of ether oxygens (including phenoxy) is 1. The lowest BCUT2D eigenvalue weighted by atomic mass is 10.1. The summed E-state index contributed by atoms with van der Waals surface area (Å²) in [5, 5.41) is 6.56. The molecule has 1 N–H and O–H groups in total. The second-order valence-electron chi connectivity index (χ2n) is 7.86. The molecular formula is C22H22F3N5O3. The first-order valence-electron chi connectivity index (χ1n) is 10.4. The molecule has 11 heteroatoms. The van der Waals surface area contributed by atoms with E-state index < -0.39 is 18.0 Å². The first-order chi connectivity index (χ1) is 15.7. The number of hydrogen-bond donors (Lipinski definition) is 1. The van der Waals surface area contributed by atoms with Gasteiger partial charge in [0.05, 0.1) is 5.69 Å². The Kier molecular flexibility index (Phi) is 6.21. The van der Waals surface area contributed by atoms with Gasteiger partial charge in [0.25, 0.3) is 0 Å². The Morgan fingerprint density at radius 3 is 2.70 bits per heavy atom. The van der Waals surface area contributed by atoms with Crippen LogP contribution < -0.4 is 5.32 Å². The van der Waals surface area contributed by atoms with Crippen LogP contribution in [0.15, 0.2) is 42.5 Å². The molecule has 0 aliphatic carbocycles. The summed E-state index contributed by atoms with van der Waals surface area (Å²) in [6.45, 7) is 2.06. The smallest absolute Gasteiger partial charge is 0.433 e. The van der Waals surface area contributed by atoms with Crippen LogP contribution in [0.4, 0.5) is 18.0 Å². The van der Waals surface area contributed by atoms with Crippen LogP contribution in [0.3, 0.4) is 0 Å². The van der Waals surface area contributed by atoms with Crippen LogP contribution in [0.2, 0.25) is 0 Å². The molecule has 2 aromatic heterocycles. The van der Waals surface area contributed by atoms with Crippen molar-refractivity contribution in [2.75, 3.05) is 19.6 Å². The number of benzene rings is 1. The summed E-state index contributed by atoms with van der Waals surface area (Å²) >= 11 is 0. The Hall–Kier alpha value is -3.63. The largest absolute Gasteiger partial charge is 0.445 e. The van der Waals surface area contributed by atoms with Gasteiger partial charge in [0.15, 0.2) is 5.65 Å². The van der Waals surface area contributed by atoms with E-state index in [4.69, 9.17) is 4.74 Å². The molecule has 1 aliphatic heterocycles. The molecule has 0 spiro atoms. The molecule has 8 nitrogen and oxygen atoms in total. The molecule has 174 valence electrons. The van der Waals surface area contributed by atoms with Crippen LogP contribution in [0, 0.1) is 6.92 Å². The van der Waals surface area contributed by atoms with E-state index in [1.54, 1.807) is 4.90 Å². The van der Waals surface area contributed by atoms with Gasteiger partial charge in [-0.2, -0.15) is 18.3 Å². The molecule has 2 amide bonds. The van der Waals surface area contributed by atoms with Crippen LogP contribution >= 0.6 is 0 Å². The zero-order valence-electron chi connectivity index (χ0n) is 17.8. The molecule has 33 heavy (non-hydrogen) atoms. The summed E-state index contributed by atoms with van der Waals surface area (Å²) in [5.74, 6) is -0.523. The van der Waals surface area contributed by atoms with Crippen LogP contribution in [0.25, 0.3) is 5.65 Å². The van der Waals surface area contributed by atoms with Crippen molar-refractivity contribution >= 4 is 17.6 Å². The molecular weight excluding hydrogens is 439 g/mol. The molecule has 1 aliphatic rings. The number of alkyl carbamates (subject to hydrolysis) is 1. The van der Waals surface area contributed by atoms with Gasteiger partial charge in [-0.15, -0.1) is 0 Å². The predicted molar refractivity (Wildman–Crippen MR) is 111 cm³/mol. The number of hydrogen-bond acceptors (Lipinski definition) is 5. The molecule has 0 saturated carbocycles. The maximum absolute atomic E-state index is 13.4. The number of fused-ring (bicyclic) bond motifs is 1. The summed E-state index contributed by atoms with van der Waals surface area (Å²) in [5.41, 5.74) is 0.747. The van der Waals surface area contributed by atoms with Gasteiger partial charge >= 0.3 is 12.3 Å². The van der Waals surface area contributed by atoms with Gasteiger partial charge in [-0.1, -0.05) is 30.3 Å². The van der Waals surface area contributed by atoms with Crippen molar-refractivity contribution in [3.05, 3.63) is 65.1 Å². The first-order valence-corrected chi connectivity index (χ1v) is 10.4. The van der Waals surface area contributed by atoms with Crippen molar-refractivity contribution in [1.29, 1.82) is 0 Å². The highest BCUT2D eigenvalue weighted by Crippen LogP contribution is 2.32. The number of likely N-dealkylation sites (tertiary alicyclic amines) is 1. The third kappa shape index (κ3) is 5.24. The van der Waals surface area contributed by atoms with Gasteiger partial charge < -0.3 is 15.0 Å². The Morgan fingerprint density at radius 1 is 1.21 bits per heavy atom. The quantitative estimate of drug-likeness (QED) is 0.630. The highest BCUT2D eigenvalue weighted by atomic mass is 19.4. The van der Waals surface area contributed by atoms with Crippen LogP contribution in [-0.2, 0) is 22.3 Å². The van der Waals surface area contributed by atoms with Crippen molar-refractivity contribution in [1.82, 2.24) is 24.8 Å². The number of nitrogens with zero attached hydrogens (tertiary/aromatic N) is 4. The van der Waals surface area contributed by atoms with Gasteiger partial charge in [0, 0.05) is 30.8 Å². The van der Waals surface area contributed by atoms with Crippen LogP contribution in [0.5, 0.6) is 0 Å². The number of halogens is 3. The minimum atomic E-state index is -4.56. The minimum Gasteiger partial charge on any atom is -0.445 e. The number of amides is 2. The van der Waals surface area contributed by atoms with Crippen molar-refractivity contribution in [2.24, 2.45) is 0 Å². The number of aromatic nitrogens is 3. The fourth-order valence-electron chi connectivity index (χ4n) is 3.78. The second-order valence-corrected chi connectivity index (χ2v) is 7.86. The van der Waals surface area contributed by atoms with E-state index in [-0.39, 0.29) is 36.3 Å². The SMILES string of the molecule is Cc1cc(C(F)(F)F)n2nc(C3CCN(C(=O)CNC(=O)OCc4ccccc4)C3)cc2n1. The first kappa shape index (κ1) is 22.6. The maximum Gasteiger partial charge on any atom is 0.433 e. The number of carbonyl (C=O) groups excluding carboxylic acids is 2. The van der Waals surface area contributed by atoms with Gasteiger partial charge in [-0.05, 0) is 25.0 Å². The van der Waals surface area contributed by atoms with E-state index in [9.17, 15) is 22.8 Å². The molecule has 0 bridgehead atoms. The number of alkyl halides is 3. The zero-order valence-corrected chi connectivity index (χ0v) is 17.8. The number of rotatable bonds is 5. The third-order valence-electron chi connectivity index (χ3n) is 5.42. The second kappa shape index (κ2) is 9.08. The Morgan fingerprint density at radius 2 is 1.97 bits per heavy atom. The van der Waals surface area contributed by atoms with E-state index in [2.05, 4.69) is 15.4 Å². The summed E-state index contributed by atoms with van der Waals surface area (Å²) < 4.78 is 46.0. The molecule has 3 aromatic rings. The van der Waals surface area contributed by atoms with Gasteiger partial charge in [-0.3, -0.25) is 4.79 Å². The highest BCUT2D eigenvalue weighted by molar-refractivity contribution is 5.82. The molecule has 0 radical (unpaired) electrons. The normalized spacial score (nSPS) is 16.2. The summed E-state index contributed by atoms with van der Waals surface area (Å²) in [6, 6.07) is 11.6. The average molecular weight is 461 g/mol. The Bertz CT molecular complexity index is 1160. The predicted octanol–water partition coefficient (Wildman–Crippen LogP) is 3.30. The summed E-state index contributed by atoms with van der Waals surface area (Å²) in [6.07, 6.45) is -4.72.